The van der Waals surface area contributed by atoms with Gasteiger partial charge in [0.15, 0.2) is 0 Å². The summed E-state index contributed by atoms with van der Waals surface area (Å²) in [5, 5.41) is 0. The van der Waals surface area contributed by atoms with Gasteiger partial charge in [-0.25, -0.2) is 0 Å². The summed E-state index contributed by atoms with van der Waals surface area (Å²) in [6.07, 6.45) is 2.38. The molecule has 0 radical (unpaired) electrons. The molecule has 0 unspecified atom stereocenters. The summed E-state index contributed by atoms with van der Waals surface area (Å²) < 4.78 is 7.85. The second-order valence-electron chi connectivity index (χ2n) is 6.34. The second-order valence-corrected chi connectivity index (χ2v) is 7.45. The second kappa shape index (κ2) is 8.84. The maximum absolute atomic E-state index is 5.29. The van der Waals surface area contributed by atoms with E-state index < -0.39 is 0 Å². The Balaban J connectivity index is 0.00000208. The predicted molar refractivity (Wildman–Crippen MR) is 107 cm³/mol. The zero-order valence-electron chi connectivity index (χ0n) is 14.7. The molecule has 0 atom stereocenters. The Morgan fingerprint density at radius 3 is 2.62 bits per heavy atom. The highest BCUT2D eigenvalue weighted by atomic mass is 35.5. The largest absolute Gasteiger partial charge is 0.497 e. The van der Waals surface area contributed by atoms with Gasteiger partial charge in [0.1, 0.15) is 5.75 Å². The van der Waals surface area contributed by atoms with E-state index in [2.05, 4.69) is 53.9 Å². The molecular weight excluding hydrogens is 340 g/mol. The molecule has 1 aliphatic heterocycles. The number of nitrogens with zero attached hydrogens (tertiary/aromatic N) is 2. The molecule has 2 aromatic rings. The minimum atomic E-state index is 0. The van der Waals surface area contributed by atoms with Gasteiger partial charge in [-0.1, -0.05) is 0 Å². The molecule has 0 spiro atoms. The van der Waals surface area contributed by atoms with Crippen molar-refractivity contribution in [3.05, 3.63) is 41.6 Å². The summed E-state index contributed by atoms with van der Waals surface area (Å²) in [6, 6.07) is 10.9. The molecule has 3 nitrogen and oxygen atoms in total. The van der Waals surface area contributed by atoms with Gasteiger partial charge >= 0.3 is 0 Å². The first-order chi connectivity index (χ1) is 11.2. The van der Waals surface area contributed by atoms with Gasteiger partial charge < -0.3 is 14.2 Å². The van der Waals surface area contributed by atoms with Crippen LogP contribution in [-0.4, -0.2) is 43.0 Å². The molecule has 24 heavy (non-hydrogen) atoms. The van der Waals surface area contributed by atoms with Gasteiger partial charge in [0, 0.05) is 23.7 Å². The van der Waals surface area contributed by atoms with Crippen molar-refractivity contribution in [1.29, 1.82) is 0 Å². The zero-order chi connectivity index (χ0) is 16.2. The van der Waals surface area contributed by atoms with Crippen LogP contribution in [0.5, 0.6) is 5.75 Å². The van der Waals surface area contributed by atoms with Crippen LogP contribution in [0.25, 0.3) is 11.3 Å². The molecule has 5 heteroatoms. The van der Waals surface area contributed by atoms with E-state index in [1.54, 1.807) is 12.8 Å². The van der Waals surface area contributed by atoms with E-state index in [1.165, 1.54) is 35.4 Å². The molecule has 0 fully saturated rings. The van der Waals surface area contributed by atoms with Crippen molar-refractivity contribution < 1.29 is 4.74 Å². The van der Waals surface area contributed by atoms with Crippen LogP contribution in [0.15, 0.2) is 30.3 Å². The van der Waals surface area contributed by atoms with Crippen LogP contribution < -0.4 is 4.74 Å². The van der Waals surface area contributed by atoms with E-state index in [0.717, 1.165) is 24.6 Å². The van der Waals surface area contributed by atoms with Crippen molar-refractivity contribution in [3.8, 4) is 17.0 Å². The number of halogens is 1. The lowest BCUT2D eigenvalue weighted by molar-refractivity contribution is 0.385. The lowest BCUT2D eigenvalue weighted by Crippen LogP contribution is -2.17. The van der Waals surface area contributed by atoms with Crippen LogP contribution in [0.4, 0.5) is 0 Å². The molecule has 0 bridgehead atoms. The van der Waals surface area contributed by atoms with E-state index in [4.69, 9.17) is 4.74 Å². The molecule has 2 heterocycles. The summed E-state index contributed by atoms with van der Waals surface area (Å²) >= 11 is 2.05. The number of thioether (sulfide) groups is 1. The topological polar surface area (TPSA) is 17.4 Å². The predicted octanol–water partition coefficient (Wildman–Crippen LogP) is 4.33. The van der Waals surface area contributed by atoms with E-state index in [1.807, 2.05) is 11.8 Å². The first-order valence-electron chi connectivity index (χ1n) is 8.27. The number of fused-ring (bicyclic) bond motifs is 1. The molecule has 132 valence electrons. The Hall–Kier alpha value is -1.10. The Labute approximate surface area is 155 Å². The third kappa shape index (κ3) is 4.29. The maximum Gasteiger partial charge on any atom is 0.118 e. The molecule has 1 aromatic carbocycles. The van der Waals surface area contributed by atoms with Crippen LogP contribution in [0.1, 0.15) is 17.7 Å². The number of methoxy groups -OCH3 is 1. The molecule has 1 aromatic heterocycles. The van der Waals surface area contributed by atoms with Crippen molar-refractivity contribution in [3.63, 3.8) is 0 Å². The van der Waals surface area contributed by atoms with Crippen LogP contribution >= 0.6 is 24.2 Å². The highest BCUT2D eigenvalue weighted by Crippen LogP contribution is 2.33. The number of rotatable bonds is 6. The van der Waals surface area contributed by atoms with E-state index in [0.29, 0.717) is 0 Å². The van der Waals surface area contributed by atoms with Gasteiger partial charge in [0.25, 0.3) is 0 Å². The first kappa shape index (κ1) is 19.2. The van der Waals surface area contributed by atoms with E-state index in [9.17, 15) is 0 Å². The fraction of sp³-hybridized carbons (Fsp3) is 0.474. The summed E-state index contributed by atoms with van der Waals surface area (Å²) in [5.74, 6) is 3.31. The van der Waals surface area contributed by atoms with Crippen LogP contribution in [0.3, 0.4) is 0 Å². The van der Waals surface area contributed by atoms with Crippen LogP contribution in [0.2, 0.25) is 0 Å². The van der Waals surface area contributed by atoms with Crippen LogP contribution in [0, 0.1) is 0 Å². The number of ether oxygens (including phenoxy) is 1. The van der Waals surface area contributed by atoms with Crippen molar-refractivity contribution in [2.24, 2.45) is 0 Å². The van der Waals surface area contributed by atoms with Gasteiger partial charge in [-0.2, -0.15) is 11.8 Å². The Bertz CT molecular complexity index is 652. The number of hydrogen-bond donors (Lipinski definition) is 0. The third-order valence-electron chi connectivity index (χ3n) is 4.41. The molecular formula is C19H27ClN2OS. The van der Waals surface area contributed by atoms with Crippen molar-refractivity contribution in [1.82, 2.24) is 9.47 Å². The van der Waals surface area contributed by atoms with Gasteiger partial charge in [-0.15, -0.1) is 12.4 Å². The fourth-order valence-electron chi connectivity index (χ4n) is 3.22. The average Bonchev–Trinajstić information content (AvgIpc) is 2.93. The normalized spacial score (nSPS) is 13.5. The molecule has 0 amide bonds. The summed E-state index contributed by atoms with van der Waals surface area (Å²) in [5.41, 5.74) is 5.72. The SMILES string of the molecule is COc1ccc(-c2cc3c(n2CCCN(C)C)CCSC3)cc1.Cl. The molecule has 0 saturated heterocycles. The quantitative estimate of drug-likeness (QED) is 0.757. The summed E-state index contributed by atoms with van der Waals surface area (Å²) in [4.78, 5) is 2.26. The Morgan fingerprint density at radius 2 is 1.96 bits per heavy atom. The third-order valence-corrected chi connectivity index (χ3v) is 5.42. The fourth-order valence-corrected chi connectivity index (χ4v) is 4.17. The average molecular weight is 367 g/mol. The standard InChI is InChI=1S/C19H26N2OS.ClH/c1-20(2)10-4-11-21-18-9-12-23-14-16(18)13-19(21)15-5-7-17(22-3)8-6-15;/h5-8,13H,4,9-12,14H2,1-3H3;1H. The lowest BCUT2D eigenvalue weighted by atomic mass is 10.1. The molecule has 3 rings (SSSR count). The molecule has 0 N–H and O–H groups in total. The monoisotopic (exact) mass is 366 g/mol. The van der Waals surface area contributed by atoms with Crippen molar-refractivity contribution in [2.45, 2.75) is 25.1 Å². The van der Waals surface area contributed by atoms with Gasteiger partial charge in [-0.05, 0) is 80.7 Å². The lowest BCUT2D eigenvalue weighted by Gasteiger charge is -2.18. The van der Waals surface area contributed by atoms with Gasteiger partial charge in [0.2, 0.25) is 0 Å². The molecule has 1 aliphatic rings. The molecule has 0 aliphatic carbocycles. The smallest absolute Gasteiger partial charge is 0.118 e. The van der Waals surface area contributed by atoms with E-state index in [-0.39, 0.29) is 12.4 Å². The number of benzene rings is 1. The van der Waals surface area contributed by atoms with Crippen LogP contribution in [-0.2, 0) is 18.7 Å². The zero-order valence-corrected chi connectivity index (χ0v) is 16.4. The Kier molecular flexibility index (Phi) is 7.08. The highest BCUT2D eigenvalue weighted by Gasteiger charge is 2.19. The number of hydrogen-bond acceptors (Lipinski definition) is 3. The number of aromatic nitrogens is 1. The maximum atomic E-state index is 5.29. The van der Waals surface area contributed by atoms with Crippen molar-refractivity contribution >= 4 is 24.2 Å². The molecule has 0 saturated carbocycles. The summed E-state index contributed by atoms with van der Waals surface area (Å²) in [6.45, 7) is 2.23. The van der Waals surface area contributed by atoms with E-state index >= 15 is 0 Å². The van der Waals surface area contributed by atoms with Gasteiger partial charge in [0.05, 0.1) is 7.11 Å². The van der Waals surface area contributed by atoms with Crippen molar-refractivity contribution in [2.75, 3.05) is 33.5 Å². The first-order valence-corrected chi connectivity index (χ1v) is 9.42. The minimum absolute atomic E-state index is 0. The highest BCUT2D eigenvalue weighted by molar-refractivity contribution is 7.98. The Morgan fingerprint density at radius 1 is 1.21 bits per heavy atom. The summed E-state index contributed by atoms with van der Waals surface area (Å²) in [7, 11) is 6.01. The minimum Gasteiger partial charge on any atom is -0.497 e. The van der Waals surface area contributed by atoms with Gasteiger partial charge in [-0.3, -0.25) is 0 Å².